The van der Waals surface area contributed by atoms with Gasteiger partial charge in [0.05, 0.1) is 18.8 Å². The van der Waals surface area contributed by atoms with Gasteiger partial charge < -0.3 is 19.7 Å². The summed E-state index contributed by atoms with van der Waals surface area (Å²) in [7, 11) is 3.95. The van der Waals surface area contributed by atoms with E-state index < -0.39 is 5.97 Å². The number of ether oxygens (including phenoxy) is 2. The molecule has 0 spiro atoms. The Balaban J connectivity index is 1.40. The predicted octanol–water partition coefficient (Wildman–Crippen LogP) is 2.06. The van der Waals surface area contributed by atoms with Crippen LogP contribution in [0.5, 0.6) is 0 Å². The maximum absolute atomic E-state index is 12.2. The van der Waals surface area contributed by atoms with Crippen LogP contribution in [-0.4, -0.2) is 63.8 Å². The Bertz CT molecular complexity index is 829. The van der Waals surface area contributed by atoms with Crippen LogP contribution >= 0.6 is 0 Å². The van der Waals surface area contributed by atoms with Gasteiger partial charge in [0.1, 0.15) is 0 Å². The van der Waals surface area contributed by atoms with Crippen LogP contribution in [-0.2, 0) is 27.4 Å². The number of nitrogens with one attached hydrogen (secondary N) is 1. The van der Waals surface area contributed by atoms with Gasteiger partial charge >= 0.3 is 5.97 Å². The van der Waals surface area contributed by atoms with E-state index in [1.54, 1.807) is 12.1 Å². The number of amides is 1. The van der Waals surface area contributed by atoms with Crippen molar-refractivity contribution in [1.82, 2.24) is 10.2 Å². The Morgan fingerprint density at radius 3 is 2.27 bits per heavy atom. The van der Waals surface area contributed by atoms with E-state index in [0.717, 1.165) is 49.7 Å². The van der Waals surface area contributed by atoms with Crippen LogP contribution in [0.25, 0.3) is 0 Å². The predicted molar refractivity (Wildman–Crippen MR) is 115 cm³/mol. The van der Waals surface area contributed by atoms with E-state index >= 15 is 0 Å². The molecule has 1 N–H and O–H groups in total. The van der Waals surface area contributed by atoms with Crippen molar-refractivity contribution < 1.29 is 19.1 Å². The summed E-state index contributed by atoms with van der Waals surface area (Å²) in [6.45, 7) is 4.26. The Labute approximate surface area is 177 Å². The zero-order valence-electron chi connectivity index (χ0n) is 17.6. The van der Waals surface area contributed by atoms with Crippen molar-refractivity contribution in [3.05, 3.63) is 65.2 Å². The maximum Gasteiger partial charge on any atom is 0.338 e. The molecule has 3 rings (SSSR count). The average molecular weight is 412 g/mol. The highest BCUT2D eigenvalue weighted by Crippen LogP contribution is 2.12. The first-order valence-corrected chi connectivity index (χ1v) is 10.1. The molecule has 0 bridgehead atoms. The molecule has 0 radical (unpaired) electrons. The Morgan fingerprint density at radius 2 is 1.63 bits per heavy atom. The highest BCUT2D eigenvalue weighted by atomic mass is 16.5. The second kappa shape index (κ2) is 10.8. The normalized spacial score (nSPS) is 14.2. The zero-order valence-corrected chi connectivity index (χ0v) is 17.6. The van der Waals surface area contributed by atoms with Crippen molar-refractivity contribution in [2.45, 2.75) is 13.1 Å². The zero-order chi connectivity index (χ0) is 21.3. The first kappa shape index (κ1) is 21.8. The number of anilines is 1. The van der Waals surface area contributed by atoms with Gasteiger partial charge in [0.15, 0.2) is 6.61 Å². The molecule has 0 aliphatic carbocycles. The lowest BCUT2D eigenvalue weighted by molar-refractivity contribution is -0.124. The smallest absolute Gasteiger partial charge is 0.338 e. The number of hydrogen-bond acceptors (Lipinski definition) is 6. The van der Waals surface area contributed by atoms with Crippen LogP contribution in [0.15, 0.2) is 48.5 Å². The van der Waals surface area contributed by atoms with Crippen LogP contribution in [0.1, 0.15) is 21.5 Å². The number of carbonyl (C=O) groups excluding carboxylic acids is 2. The molecule has 1 fully saturated rings. The summed E-state index contributed by atoms with van der Waals surface area (Å²) in [5.74, 6) is -0.831. The highest BCUT2D eigenvalue weighted by Gasteiger charge is 2.13. The number of carbonyl (C=O) groups is 2. The fourth-order valence-electron chi connectivity index (χ4n) is 3.14. The molecule has 0 unspecified atom stereocenters. The van der Waals surface area contributed by atoms with Gasteiger partial charge in [-0.2, -0.15) is 0 Å². The van der Waals surface area contributed by atoms with Crippen molar-refractivity contribution in [2.24, 2.45) is 0 Å². The SMILES string of the molecule is CN(C)c1ccc(CNC(=O)COC(=O)c2ccc(CN3CCOCC3)cc2)cc1. The minimum atomic E-state index is -0.501. The second-order valence-corrected chi connectivity index (χ2v) is 7.50. The van der Waals surface area contributed by atoms with E-state index in [-0.39, 0.29) is 12.5 Å². The Hall–Kier alpha value is -2.90. The molecular formula is C23H29N3O4. The van der Waals surface area contributed by atoms with Crippen molar-refractivity contribution in [3.63, 3.8) is 0 Å². The lowest BCUT2D eigenvalue weighted by Crippen LogP contribution is -2.35. The number of esters is 1. The molecule has 1 saturated heterocycles. The van der Waals surface area contributed by atoms with Crippen LogP contribution in [0.2, 0.25) is 0 Å². The summed E-state index contributed by atoms with van der Waals surface area (Å²) in [6, 6.07) is 15.2. The number of benzene rings is 2. The molecule has 1 aliphatic heterocycles. The van der Waals surface area contributed by atoms with Gasteiger partial charge in [-0.15, -0.1) is 0 Å². The molecule has 160 valence electrons. The number of rotatable bonds is 8. The van der Waals surface area contributed by atoms with E-state index in [0.29, 0.717) is 12.1 Å². The number of morpholine rings is 1. The first-order valence-electron chi connectivity index (χ1n) is 10.1. The summed E-state index contributed by atoms with van der Waals surface area (Å²) in [6.07, 6.45) is 0. The van der Waals surface area contributed by atoms with Crippen molar-refractivity contribution >= 4 is 17.6 Å². The van der Waals surface area contributed by atoms with Gasteiger partial charge in [0.2, 0.25) is 0 Å². The van der Waals surface area contributed by atoms with Gasteiger partial charge in [-0.3, -0.25) is 9.69 Å². The average Bonchev–Trinajstić information content (AvgIpc) is 2.77. The fraction of sp³-hybridized carbons (Fsp3) is 0.391. The molecule has 30 heavy (non-hydrogen) atoms. The van der Waals surface area contributed by atoms with Gasteiger partial charge in [0.25, 0.3) is 5.91 Å². The maximum atomic E-state index is 12.2. The standard InChI is InChI=1S/C23H29N3O4/c1-25(2)21-9-5-18(6-10-21)15-24-22(27)17-30-23(28)20-7-3-19(4-8-20)16-26-11-13-29-14-12-26/h3-10H,11-17H2,1-2H3,(H,24,27). The first-order chi connectivity index (χ1) is 14.5. The lowest BCUT2D eigenvalue weighted by Gasteiger charge is -2.26. The van der Waals surface area contributed by atoms with E-state index in [4.69, 9.17) is 9.47 Å². The van der Waals surface area contributed by atoms with Crippen LogP contribution < -0.4 is 10.2 Å². The van der Waals surface area contributed by atoms with E-state index in [9.17, 15) is 9.59 Å². The molecule has 2 aromatic carbocycles. The molecule has 0 saturated carbocycles. The molecule has 7 nitrogen and oxygen atoms in total. The summed E-state index contributed by atoms with van der Waals surface area (Å²) < 4.78 is 10.5. The molecular weight excluding hydrogens is 382 g/mol. The fourth-order valence-corrected chi connectivity index (χ4v) is 3.14. The van der Waals surface area contributed by atoms with E-state index in [1.807, 2.05) is 55.4 Å². The van der Waals surface area contributed by atoms with Gasteiger partial charge in [-0.25, -0.2) is 4.79 Å². The van der Waals surface area contributed by atoms with Crippen LogP contribution in [0.4, 0.5) is 5.69 Å². The molecule has 1 amide bonds. The van der Waals surface area contributed by atoms with E-state index in [2.05, 4.69) is 10.2 Å². The van der Waals surface area contributed by atoms with Crippen molar-refractivity contribution in [3.8, 4) is 0 Å². The summed E-state index contributed by atoms with van der Waals surface area (Å²) in [4.78, 5) is 28.5. The molecule has 7 heteroatoms. The van der Waals surface area contributed by atoms with Gasteiger partial charge in [0, 0.05) is 46.0 Å². The third kappa shape index (κ3) is 6.57. The molecule has 0 atom stereocenters. The van der Waals surface area contributed by atoms with Gasteiger partial charge in [-0.1, -0.05) is 24.3 Å². The monoisotopic (exact) mass is 411 g/mol. The lowest BCUT2D eigenvalue weighted by atomic mass is 10.1. The molecule has 2 aromatic rings. The highest BCUT2D eigenvalue weighted by molar-refractivity contribution is 5.91. The Morgan fingerprint density at radius 1 is 1.00 bits per heavy atom. The quantitative estimate of drug-likeness (QED) is 0.671. The van der Waals surface area contributed by atoms with Crippen molar-refractivity contribution in [1.29, 1.82) is 0 Å². The van der Waals surface area contributed by atoms with Crippen LogP contribution in [0, 0.1) is 0 Å². The summed E-state index contributed by atoms with van der Waals surface area (Å²) >= 11 is 0. The van der Waals surface area contributed by atoms with Crippen LogP contribution in [0.3, 0.4) is 0 Å². The molecule has 1 aliphatic rings. The third-order valence-electron chi connectivity index (χ3n) is 4.98. The summed E-state index contributed by atoms with van der Waals surface area (Å²) in [5.41, 5.74) is 3.64. The Kier molecular flexibility index (Phi) is 7.82. The second-order valence-electron chi connectivity index (χ2n) is 7.50. The topological polar surface area (TPSA) is 71.1 Å². The molecule has 1 heterocycles. The largest absolute Gasteiger partial charge is 0.452 e. The van der Waals surface area contributed by atoms with Gasteiger partial charge in [-0.05, 0) is 35.4 Å². The number of hydrogen-bond donors (Lipinski definition) is 1. The van der Waals surface area contributed by atoms with Crippen molar-refractivity contribution in [2.75, 3.05) is 51.9 Å². The van der Waals surface area contributed by atoms with E-state index in [1.165, 1.54) is 0 Å². The number of nitrogens with zero attached hydrogens (tertiary/aromatic N) is 2. The third-order valence-corrected chi connectivity index (χ3v) is 4.98. The molecule has 0 aromatic heterocycles. The minimum Gasteiger partial charge on any atom is -0.452 e. The minimum absolute atomic E-state index is 0.301. The summed E-state index contributed by atoms with van der Waals surface area (Å²) in [5, 5.41) is 2.76.